The van der Waals surface area contributed by atoms with Gasteiger partial charge in [0.2, 0.25) is 5.91 Å². The number of benzene rings is 1. The Kier molecular flexibility index (Phi) is 4.96. The maximum Gasteiger partial charge on any atom is 0.251 e. The molecule has 1 atom stereocenters. The first kappa shape index (κ1) is 15.5. The van der Waals surface area contributed by atoms with Crippen molar-refractivity contribution in [3.05, 3.63) is 29.8 Å². The lowest BCUT2D eigenvalue weighted by Gasteiger charge is -2.14. The molecule has 4 N–H and O–H groups in total. The van der Waals surface area contributed by atoms with Gasteiger partial charge >= 0.3 is 0 Å². The van der Waals surface area contributed by atoms with Gasteiger partial charge < -0.3 is 16.4 Å². The van der Waals surface area contributed by atoms with Crippen molar-refractivity contribution in [3.8, 4) is 0 Å². The minimum Gasteiger partial charge on any atom is -0.349 e. The first-order valence-electron chi connectivity index (χ1n) is 7.43. The molecule has 0 saturated heterocycles. The fraction of sp³-hybridized carbons (Fsp3) is 0.500. The van der Waals surface area contributed by atoms with E-state index < -0.39 is 6.04 Å². The van der Waals surface area contributed by atoms with Crippen LogP contribution in [0.3, 0.4) is 0 Å². The van der Waals surface area contributed by atoms with Gasteiger partial charge in [0.25, 0.3) is 5.91 Å². The zero-order valence-corrected chi connectivity index (χ0v) is 12.6. The Morgan fingerprint density at radius 3 is 2.38 bits per heavy atom. The second-order valence-electron chi connectivity index (χ2n) is 6.05. The van der Waals surface area contributed by atoms with E-state index in [1.54, 1.807) is 24.3 Å². The summed E-state index contributed by atoms with van der Waals surface area (Å²) in [6.07, 6.45) is 2.77. The highest BCUT2D eigenvalue weighted by Crippen LogP contribution is 2.19. The monoisotopic (exact) mass is 289 g/mol. The largest absolute Gasteiger partial charge is 0.349 e. The summed E-state index contributed by atoms with van der Waals surface area (Å²) in [4.78, 5) is 23.7. The van der Waals surface area contributed by atoms with Gasteiger partial charge in [0.1, 0.15) is 0 Å². The summed E-state index contributed by atoms with van der Waals surface area (Å²) in [5, 5.41) is 5.69. The second-order valence-corrected chi connectivity index (χ2v) is 6.05. The fourth-order valence-electron chi connectivity index (χ4n) is 2.05. The van der Waals surface area contributed by atoms with Crippen LogP contribution in [0, 0.1) is 5.92 Å². The highest BCUT2D eigenvalue weighted by molar-refractivity contribution is 5.97. The Bertz CT molecular complexity index is 507. The number of rotatable bonds is 6. The summed E-state index contributed by atoms with van der Waals surface area (Å²) < 4.78 is 0. The lowest BCUT2D eigenvalue weighted by atomic mass is 10.0. The van der Waals surface area contributed by atoms with Gasteiger partial charge in [0.15, 0.2) is 0 Å². The minimum absolute atomic E-state index is 0.0631. The number of amides is 2. The van der Waals surface area contributed by atoms with Crippen molar-refractivity contribution in [2.75, 3.05) is 5.32 Å². The molecular weight excluding hydrogens is 266 g/mol. The van der Waals surface area contributed by atoms with Crippen molar-refractivity contribution in [2.24, 2.45) is 11.7 Å². The number of carbonyl (C=O) groups is 2. The van der Waals surface area contributed by atoms with E-state index >= 15 is 0 Å². The van der Waals surface area contributed by atoms with Gasteiger partial charge in [-0.1, -0.05) is 13.8 Å². The molecule has 2 rings (SSSR count). The molecule has 1 aliphatic rings. The Morgan fingerprint density at radius 2 is 1.86 bits per heavy atom. The minimum atomic E-state index is -0.511. The maximum absolute atomic E-state index is 11.9. The summed E-state index contributed by atoms with van der Waals surface area (Å²) in [6.45, 7) is 4.06. The lowest BCUT2D eigenvalue weighted by molar-refractivity contribution is -0.117. The van der Waals surface area contributed by atoms with Crippen LogP contribution in [0.1, 0.15) is 43.5 Å². The van der Waals surface area contributed by atoms with Crippen LogP contribution < -0.4 is 16.4 Å². The van der Waals surface area contributed by atoms with Crippen molar-refractivity contribution in [1.82, 2.24) is 5.32 Å². The molecule has 114 valence electrons. The van der Waals surface area contributed by atoms with Crippen LogP contribution in [0.25, 0.3) is 0 Å². The molecule has 1 aromatic rings. The van der Waals surface area contributed by atoms with Gasteiger partial charge in [-0.2, -0.15) is 0 Å². The zero-order valence-electron chi connectivity index (χ0n) is 12.6. The lowest BCUT2D eigenvalue weighted by Crippen LogP contribution is -2.36. The molecule has 1 aromatic carbocycles. The van der Waals surface area contributed by atoms with Crippen LogP contribution in [0.15, 0.2) is 24.3 Å². The van der Waals surface area contributed by atoms with Crippen molar-refractivity contribution >= 4 is 17.5 Å². The van der Waals surface area contributed by atoms with Crippen molar-refractivity contribution in [1.29, 1.82) is 0 Å². The van der Waals surface area contributed by atoms with Crippen molar-refractivity contribution in [2.45, 2.75) is 45.2 Å². The Labute approximate surface area is 125 Å². The van der Waals surface area contributed by atoms with Gasteiger partial charge in [0.05, 0.1) is 6.04 Å². The van der Waals surface area contributed by atoms with E-state index in [2.05, 4.69) is 10.6 Å². The van der Waals surface area contributed by atoms with Crippen LogP contribution in [0.2, 0.25) is 0 Å². The Hall–Kier alpha value is -1.88. The van der Waals surface area contributed by atoms with E-state index in [1.807, 2.05) is 13.8 Å². The molecule has 0 heterocycles. The number of hydrogen-bond donors (Lipinski definition) is 3. The smallest absolute Gasteiger partial charge is 0.251 e. The molecule has 21 heavy (non-hydrogen) atoms. The number of anilines is 1. The third-order valence-electron chi connectivity index (χ3n) is 3.39. The highest BCUT2D eigenvalue weighted by atomic mass is 16.2. The van der Waals surface area contributed by atoms with Gasteiger partial charge in [-0.05, 0) is 49.4 Å². The van der Waals surface area contributed by atoms with Crippen molar-refractivity contribution < 1.29 is 9.59 Å². The molecule has 1 fully saturated rings. The SMILES string of the molecule is CC(C)CC(N)C(=O)Nc1ccc(C(=O)NC2CC2)cc1. The standard InChI is InChI=1S/C16H23N3O2/c1-10(2)9-14(17)16(21)19-12-5-3-11(4-6-12)15(20)18-13-7-8-13/h3-6,10,13-14H,7-9,17H2,1-2H3,(H,18,20)(H,19,21). The third-order valence-corrected chi connectivity index (χ3v) is 3.39. The molecule has 1 unspecified atom stereocenters. The summed E-state index contributed by atoms with van der Waals surface area (Å²) in [6, 6.07) is 6.69. The van der Waals surface area contributed by atoms with Crippen LogP contribution in [-0.4, -0.2) is 23.9 Å². The molecule has 1 saturated carbocycles. The highest BCUT2D eigenvalue weighted by Gasteiger charge is 2.23. The molecule has 0 radical (unpaired) electrons. The summed E-state index contributed by atoms with van der Waals surface area (Å²) >= 11 is 0. The molecule has 0 spiro atoms. The Balaban J connectivity index is 1.89. The van der Waals surface area contributed by atoms with E-state index in [0.29, 0.717) is 29.6 Å². The normalized spacial score (nSPS) is 15.6. The topological polar surface area (TPSA) is 84.2 Å². The van der Waals surface area contributed by atoms with Gasteiger partial charge in [-0.15, -0.1) is 0 Å². The van der Waals surface area contributed by atoms with Crippen LogP contribution in [0.4, 0.5) is 5.69 Å². The van der Waals surface area contributed by atoms with Crippen LogP contribution >= 0.6 is 0 Å². The van der Waals surface area contributed by atoms with E-state index in [4.69, 9.17) is 5.73 Å². The molecule has 5 nitrogen and oxygen atoms in total. The van der Waals surface area contributed by atoms with E-state index in [1.165, 1.54) is 0 Å². The molecule has 0 bridgehead atoms. The third kappa shape index (κ3) is 4.86. The second kappa shape index (κ2) is 6.72. The first-order chi connectivity index (χ1) is 9.95. The molecule has 0 aromatic heterocycles. The molecular formula is C16H23N3O2. The predicted molar refractivity (Wildman–Crippen MR) is 83.0 cm³/mol. The number of carbonyl (C=O) groups excluding carboxylic acids is 2. The number of hydrogen-bond acceptors (Lipinski definition) is 3. The zero-order chi connectivity index (χ0) is 15.4. The molecule has 1 aliphatic carbocycles. The van der Waals surface area contributed by atoms with Gasteiger partial charge in [-0.25, -0.2) is 0 Å². The molecule has 5 heteroatoms. The summed E-state index contributed by atoms with van der Waals surface area (Å²) in [7, 11) is 0. The quantitative estimate of drug-likeness (QED) is 0.747. The summed E-state index contributed by atoms with van der Waals surface area (Å²) in [5.41, 5.74) is 7.09. The van der Waals surface area contributed by atoms with E-state index in [-0.39, 0.29) is 11.8 Å². The Morgan fingerprint density at radius 1 is 1.24 bits per heavy atom. The average Bonchev–Trinajstić information content (AvgIpc) is 3.22. The molecule has 0 aliphatic heterocycles. The summed E-state index contributed by atoms with van der Waals surface area (Å²) in [5.74, 6) is 0.116. The van der Waals surface area contributed by atoms with Gasteiger partial charge in [-0.3, -0.25) is 9.59 Å². The van der Waals surface area contributed by atoms with Gasteiger partial charge in [0, 0.05) is 17.3 Å². The number of nitrogens with one attached hydrogen (secondary N) is 2. The fourth-order valence-corrected chi connectivity index (χ4v) is 2.05. The van der Waals surface area contributed by atoms with E-state index in [9.17, 15) is 9.59 Å². The molecule has 2 amide bonds. The van der Waals surface area contributed by atoms with E-state index in [0.717, 1.165) is 12.8 Å². The van der Waals surface area contributed by atoms with Crippen LogP contribution in [-0.2, 0) is 4.79 Å². The average molecular weight is 289 g/mol. The predicted octanol–water partition coefficient (Wildman–Crippen LogP) is 1.89. The first-order valence-corrected chi connectivity index (χ1v) is 7.43. The maximum atomic E-state index is 11.9. The van der Waals surface area contributed by atoms with Crippen molar-refractivity contribution in [3.63, 3.8) is 0 Å². The number of nitrogens with two attached hydrogens (primary N) is 1. The van der Waals surface area contributed by atoms with Crippen LogP contribution in [0.5, 0.6) is 0 Å².